The number of anilines is 1. The molecule has 0 aromatic heterocycles. The van der Waals surface area contributed by atoms with Crippen LogP contribution < -0.4 is 5.32 Å². The second kappa shape index (κ2) is 6.11. The lowest BCUT2D eigenvalue weighted by Gasteiger charge is -2.10. The van der Waals surface area contributed by atoms with E-state index in [1.54, 1.807) is 18.2 Å². The summed E-state index contributed by atoms with van der Waals surface area (Å²) in [5.41, 5.74) is 1.86. The van der Waals surface area contributed by atoms with E-state index in [9.17, 15) is 14.4 Å². The number of carbonyl (C=O) groups excluding carboxylic acids is 3. The normalized spacial score (nSPS) is 13.2. The molecular weight excluding hydrogens is 328 g/mol. The Labute approximate surface area is 150 Å². The first kappa shape index (κ1) is 16.0. The lowest BCUT2D eigenvalue weighted by molar-refractivity contribution is -0.115. The number of nitrogens with one attached hydrogen (secondary N) is 1. The molecule has 3 aromatic rings. The van der Waals surface area contributed by atoms with Crippen LogP contribution in [0.1, 0.15) is 26.3 Å². The van der Waals surface area contributed by atoms with Gasteiger partial charge in [0.25, 0.3) is 11.8 Å². The molecule has 1 heterocycles. The van der Waals surface area contributed by atoms with Gasteiger partial charge < -0.3 is 5.32 Å². The average molecular weight is 344 g/mol. The second-order valence-corrected chi connectivity index (χ2v) is 6.26. The summed E-state index contributed by atoms with van der Waals surface area (Å²) in [7, 11) is 1.44. The molecule has 0 radical (unpaired) electrons. The minimum absolute atomic E-state index is 0.184. The molecule has 1 N–H and O–H groups in total. The molecule has 0 fully saturated rings. The highest BCUT2D eigenvalue weighted by Gasteiger charge is 2.35. The van der Waals surface area contributed by atoms with Gasteiger partial charge in [-0.3, -0.25) is 19.3 Å². The molecule has 0 aliphatic carbocycles. The second-order valence-electron chi connectivity index (χ2n) is 6.26. The van der Waals surface area contributed by atoms with Crippen LogP contribution in [-0.2, 0) is 11.2 Å². The number of imide groups is 1. The first-order chi connectivity index (χ1) is 12.6. The summed E-state index contributed by atoms with van der Waals surface area (Å²) < 4.78 is 0. The zero-order chi connectivity index (χ0) is 18.3. The molecule has 26 heavy (non-hydrogen) atoms. The third kappa shape index (κ3) is 2.54. The highest BCUT2D eigenvalue weighted by Crippen LogP contribution is 2.28. The van der Waals surface area contributed by atoms with Crippen molar-refractivity contribution in [3.05, 3.63) is 77.4 Å². The molecule has 0 saturated heterocycles. The largest absolute Gasteiger partial charge is 0.325 e. The van der Waals surface area contributed by atoms with E-state index in [1.165, 1.54) is 7.05 Å². The molecule has 5 nitrogen and oxygen atoms in total. The van der Waals surface area contributed by atoms with Crippen molar-refractivity contribution < 1.29 is 14.4 Å². The first-order valence-electron chi connectivity index (χ1n) is 8.28. The lowest BCUT2D eigenvalue weighted by Crippen LogP contribution is -2.24. The van der Waals surface area contributed by atoms with Gasteiger partial charge in [0.15, 0.2) is 0 Å². The number of amides is 3. The molecule has 5 heteroatoms. The highest BCUT2D eigenvalue weighted by atomic mass is 16.2. The summed E-state index contributed by atoms with van der Waals surface area (Å²) in [5, 5.41) is 4.88. The van der Waals surface area contributed by atoms with Crippen LogP contribution >= 0.6 is 0 Å². The Balaban J connectivity index is 1.62. The van der Waals surface area contributed by atoms with Gasteiger partial charge >= 0.3 is 0 Å². The monoisotopic (exact) mass is 344 g/mol. The van der Waals surface area contributed by atoms with Crippen LogP contribution in [0.3, 0.4) is 0 Å². The van der Waals surface area contributed by atoms with Crippen LogP contribution in [0.25, 0.3) is 10.8 Å². The summed E-state index contributed by atoms with van der Waals surface area (Å²) in [6.07, 6.45) is 0.184. The molecule has 0 bridgehead atoms. The smallest absolute Gasteiger partial charge is 0.263 e. The molecule has 0 saturated carbocycles. The van der Waals surface area contributed by atoms with E-state index in [0.29, 0.717) is 11.3 Å². The van der Waals surface area contributed by atoms with E-state index < -0.39 is 5.91 Å². The fourth-order valence-electron chi connectivity index (χ4n) is 3.32. The van der Waals surface area contributed by atoms with Crippen molar-refractivity contribution in [1.82, 2.24) is 4.90 Å². The van der Waals surface area contributed by atoms with Gasteiger partial charge in [-0.1, -0.05) is 48.5 Å². The predicted molar refractivity (Wildman–Crippen MR) is 99.1 cm³/mol. The zero-order valence-corrected chi connectivity index (χ0v) is 14.2. The standard InChI is InChI=1S/C21H16N2O3/c1-23-20(25)16-10-5-11-17(19(16)21(23)26)22-18(24)12-14-8-4-7-13-6-2-3-9-15(13)14/h2-11H,12H2,1H3,(H,22,24). The highest BCUT2D eigenvalue weighted by molar-refractivity contribution is 6.24. The number of carbonyl (C=O) groups is 3. The summed E-state index contributed by atoms with van der Waals surface area (Å²) in [4.78, 5) is 38.0. The van der Waals surface area contributed by atoms with Crippen LogP contribution in [0.4, 0.5) is 5.69 Å². The van der Waals surface area contributed by atoms with Crippen molar-refractivity contribution in [1.29, 1.82) is 0 Å². The topological polar surface area (TPSA) is 66.5 Å². The number of hydrogen-bond donors (Lipinski definition) is 1. The quantitative estimate of drug-likeness (QED) is 0.742. The van der Waals surface area contributed by atoms with E-state index in [2.05, 4.69) is 5.32 Å². The Hall–Kier alpha value is -3.47. The maximum atomic E-state index is 12.6. The molecule has 1 aliphatic heterocycles. The summed E-state index contributed by atoms with van der Waals surface area (Å²) in [6.45, 7) is 0. The number of hydrogen-bond acceptors (Lipinski definition) is 3. The molecule has 1 aliphatic rings. The van der Waals surface area contributed by atoms with Gasteiger partial charge in [0.1, 0.15) is 0 Å². The van der Waals surface area contributed by atoms with E-state index in [1.807, 2.05) is 42.5 Å². The number of fused-ring (bicyclic) bond motifs is 2. The molecule has 3 amide bonds. The van der Waals surface area contributed by atoms with Crippen LogP contribution in [0.2, 0.25) is 0 Å². The van der Waals surface area contributed by atoms with Gasteiger partial charge in [0.05, 0.1) is 23.2 Å². The lowest BCUT2D eigenvalue weighted by atomic mass is 10.0. The van der Waals surface area contributed by atoms with Crippen molar-refractivity contribution in [3.8, 4) is 0 Å². The Morgan fingerprint density at radius 3 is 2.50 bits per heavy atom. The number of nitrogens with zero attached hydrogens (tertiary/aromatic N) is 1. The first-order valence-corrected chi connectivity index (χ1v) is 8.28. The van der Waals surface area contributed by atoms with Crippen LogP contribution in [-0.4, -0.2) is 29.7 Å². The molecule has 3 aromatic carbocycles. The van der Waals surface area contributed by atoms with Gasteiger partial charge in [-0.25, -0.2) is 0 Å². The van der Waals surface area contributed by atoms with Crippen LogP contribution in [0.15, 0.2) is 60.7 Å². The van der Waals surface area contributed by atoms with Gasteiger partial charge in [0.2, 0.25) is 5.91 Å². The molecule has 0 atom stereocenters. The molecule has 4 rings (SSSR count). The third-order valence-corrected chi connectivity index (χ3v) is 4.62. The van der Waals surface area contributed by atoms with Crippen molar-refractivity contribution in [3.63, 3.8) is 0 Å². The summed E-state index contributed by atoms with van der Waals surface area (Å²) >= 11 is 0. The number of rotatable bonds is 3. The fourth-order valence-corrected chi connectivity index (χ4v) is 3.32. The average Bonchev–Trinajstić information content (AvgIpc) is 2.87. The van der Waals surface area contributed by atoms with Crippen molar-refractivity contribution in [2.45, 2.75) is 6.42 Å². The van der Waals surface area contributed by atoms with Crippen molar-refractivity contribution in [2.75, 3.05) is 12.4 Å². The Morgan fingerprint density at radius 1 is 0.923 bits per heavy atom. The third-order valence-electron chi connectivity index (χ3n) is 4.62. The minimum Gasteiger partial charge on any atom is -0.325 e. The Morgan fingerprint density at radius 2 is 1.65 bits per heavy atom. The van der Waals surface area contributed by atoms with Gasteiger partial charge in [-0.05, 0) is 28.5 Å². The molecular formula is C21H16N2O3. The summed E-state index contributed by atoms with van der Waals surface area (Å²) in [6, 6.07) is 18.6. The Kier molecular flexibility index (Phi) is 3.77. The number of benzene rings is 3. The van der Waals surface area contributed by atoms with Crippen molar-refractivity contribution >= 4 is 34.2 Å². The predicted octanol–water partition coefficient (Wildman–Crippen LogP) is 3.25. The maximum absolute atomic E-state index is 12.6. The van der Waals surface area contributed by atoms with E-state index in [0.717, 1.165) is 21.2 Å². The zero-order valence-electron chi connectivity index (χ0n) is 14.2. The molecule has 128 valence electrons. The molecule has 0 unspecified atom stereocenters. The molecule has 0 spiro atoms. The van der Waals surface area contributed by atoms with E-state index in [4.69, 9.17) is 0 Å². The van der Waals surface area contributed by atoms with Crippen molar-refractivity contribution in [2.24, 2.45) is 0 Å². The SMILES string of the molecule is CN1C(=O)c2cccc(NC(=O)Cc3cccc4ccccc34)c2C1=O. The van der Waals surface area contributed by atoms with Crippen LogP contribution in [0, 0.1) is 0 Å². The maximum Gasteiger partial charge on any atom is 0.263 e. The van der Waals surface area contributed by atoms with Gasteiger partial charge in [-0.2, -0.15) is 0 Å². The van der Waals surface area contributed by atoms with Gasteiger partial charge in [-0.15, -0.1) is 0 Å². The van der Waals surface area contributed by atoms with E-state index in [-0.39, 0.29) is 23.8 Å². The van der Waals surface area contributed by atoms with Gasteiger partial charge in [0, 0.05) is 7.05 Å². The minimum atomic E-state index is -0.397. The van der Waals surface area contributed by atoms with E-state index >= 15 is 0 Å². The van der Waals surface area contributed by atoms with Crippen LogP contribution in [0.5, 0.6) is 0 Å². The fraction of sp³-hybridized carbons (Fsp3) is 0.0952. The Bertz CT molecular complexity index is 1070. The summed E-state index contributed by atoms with van der Waals surface area (Å²) in [5.74, 6) is -0.981.